The van der Waals surface area contributed by atoms with Crippen molar-refractivity contribution in [2.75, 3.05) is 13.2 Å². The first-order valence-corrected chi connectivity index (χ1v) is 5.74. The molecule has 1 aromatic rings. The molecule has 0 radical (unpaired) electrons. The van der Waals surface area contributed by atoms with Gasteiger partial charge in [0.25, 0.3) is 0 Å². The van der Waals surface area contributed by atoms with E-state index in [1.54, 1.807) is 12.4 Å². The number of ether oxygens (including phenoxy) is 1. The van der Waals surface area contributed by atoms with Crippen LogP contribution in [0.4, 0.5) is 4.79 Å². The third-order valence-electron chi connectivity index (χ3n) is 2.76. The minimum absolute atomic E-state index is 0.131. The molecule has 1 atom stereocenters. The maximum Gasteiger partial charge on any atom is 0.326 e. The maximum atomic E-state index is 11.5. The second kappa shape index (κ2) is 5.65. The number of imidazole rings is 1. The number of carbonyl (C=O) groups excluding carboxylic acids is 1. The van der Waals surface area contributed by atoms with E-state index in [1.807, 2.05) is 0 Å². The van der Waals surface area contributed by atoms with Crippen molar-refractivity contribution < 1.29 is 9.53 Å². The summed E-state index contributed by atoms with van der Waals surface area (Å²) >= 11 is 0. The topological polar surface area (TPSA) is 56.1 Å². The highest BCUT2D eigenvalue weighted by Gasteiger charge is 2.13. The molecule has 2 rings (SSSR count). The Labute approximate surface area is 94.8 Å². The highest BCUT2D eigenvalue weighted by Crippen LogP contribution is 2.14. The Balaban J connectivity index is 1.66. The first-order chi connectivity index (χ1) is 7.86. The minimum atomic E-state index is -0.131. The van der Waals surface area contributed by atoms with E-state index in [9.17, 15) is 4.79 Å². The molecular weight excluding hydrogens is 206 g/mol. The molecule has 1 aliphatic rings. The van der Waals surface area contributed by atoms with E-state index >= 15 is 0 Å². The van der Waals surface area contributed by atoms with Crippen molar-refractivity contribution in [3.8, 4) is 0 Å². The number of nitrogens with zero attached hydrogens (tertiary/aromatic N) is 2. The van der Waals surface area contributed by atoms with Crippen molar-refractivity contribution in [1.82, 2.24) is 14.9 Å². The fourth-order valence-corrected chi connectivity index (χ4v) is 1.85. The number of aromatic nitrogens is 2. The Morgan fingerprint density at radius 1 is 1.56 bits per heavy atom. The summed E-state index contributed by atoms with van der Waals surface area (Å²) in [7, 11) is 0. The van der Waals surface area contributed by atoms with Crippen LogP contribution in [0.5, 0.6) is 0 Å². The summed E-state index contributed by atoms with van der Waals surface area (Å²) in [6.45, 7) is 1.52. The Hall–Kier alpha value is -1.36. The average molecular weight is 223 g/mol. The second-order valence-corrected chi connectivity index (χ2v) is 3.98. The van der Waals surface area contributed by atoms with Gasteiger partial charge in [0.05, 0.1) is 6.10 Å². The van der Waals surface area contributed by atoms with Crippen LogP contribution in [0.25, 0.3) is 0 Å². The van der Waals surface area contributed by atoms with E-state index in [-0.39, 0.29) is 6.03 Å². The first kappa shape index (κ1) is 11.1. The molecular formula is C11H17N3O2. The molecule has 5 nitrogen and oxygen atoms in total. The summed E-state index contributed by atoms with van der Waals surface area (Å²) in [6.07, 6.45) is 9.43. The van der Waals surface area contributed by atoms with Crippen molar-refractivity contribution in [3.05, 3.63) is 18.7 Å². The van der Waals surface area contributed by atoms with Crippen LogP contribution in [-0.4, -0.2) is 34.8 Å². The first-order valence-electron chi connectivity index (χ1n) is 5.74. The molecule has 2 heterocycles. The van der Waals surface area contributed by atoms with Crippen molar-refractivity contribution in [2.24, 2.45) is 0 Å². The van der Waals surface area contributed by atoms with E-state index in [4.69, 9.17) is 4.74 Å². The molecule has 0 saturated carbocycles. The van der Waals surface area contributed by atoms with Gasteiger partial charge in [0, 0.05) is 25.5 Å². The molecule has 1 N–H and O–H groups in total. The minimum Gasteiger partial charge on any atom is -0.378 e. The molecule has 16 heavy (non-hydrogen) atoms. The van der Waals surface area contributed by atoms with Gasteiger partial charge in [-0.05, 0) is 25.7 Å². The molecule has 1 aliphatic heterocycles. The van der Waals surface area contributed by atoms with E-state index in [0.29, 0.717) is 12.6 Å². The lowest BCUT2D eigenvalue weighted by Crippen LogP contribution is -2.31. The zero-order valence-corrected chi connectivity index (χ0v) is 9.26. The molecule has 0 aliphatic carbocycles. The van der Waals surface area contributed by atoms with Gasteiger partial charge in [0.15, 0.2) is 0 Å². The normalized spacial score (nSPS) is 20.6. The predicted molar refractivity (Wildman–Crippen MR) is 59.2 cm³/mol. The van der Waals surface area contributed by atoms with Crippen LogP contribution in [-0.2, 0) is 4.74 Å². The molecule has 88 valence electrons. The lowest BCUT2D eigenvalue weighted by molar-refractivity contribution is 0.0120. The highest BCUT2D eigenvalue weighted by molar-refractivity contribution is 5.76. The van der Waals surface area contributed by atoms with E-state index in [1.165, 1.54) is 17.3 Å². The molecule has 1 aromatic heterocycles. The standard InChI is InChI=1S/C11H17N3O2/c15-11(14-7-6-12-9-14)13-5-4-10-3-1-2-8-16-10/h6-7,9-10H,1-5,8H2,(H,13,15). The van der Waals surface area contributed by atoms with Crippen molar-refractivity contribution in [2.45, 2.75) is 31.8 Å². The van der Waals surface area contributed by atoms with Crippen LogP contribution in [0.2, 0.25) is 0 Å². The third kappa shape index (κ3) is 3.06. The zero-order chi connectivity index (χ0) is 11.2. The summed E-state index contributed by atoms with van der Waals surface area (Å²) < 4.78 is 7.01. The summed E-state index contributed by atoms with van der Waals surface area (Å²) in [5, 5.41) is 2.84. The fraction of sp³-hybridized carbons (Fsp3) is 0.636. The molecule has 1 saturated heterocycles. The van der Waals surface area contributed by atoms with Gasteiger partial charge in [-0.15, -0.1) is 0 Å². The van der Waals surface area contributed by atoms with Crippen molar-refractivity contribution in [1.29, 1.82) is 0 Å². The van der Waals surface area contributed by atoms with Gasteiger partial charge in [-0.1, -0.05) is 0 Å². The molecule has 0 spiro atoms. The Morgan fingerprint density at radius 3 is 3.19 bits per heavy atom. The number of rotatable bonds is 3. The number of nitrogens with one attached hydrogen (secondary N) is 1. The predicted octanol–water partition coefficient (Wildman–Crippen LogP) is 1.40. The van der Waals surface area contributed by atoms with Crippen LogP contribution in [0.15, 0.2) is 18.7 Å². The monoisotopic (exact) mass is 223 g/mol. The third-order valence-corrected chi connectivity index (χ3v) is 2.76. The van der Waals surface area contributed by atoms with Gasteiger partial charge < -0.3 is 10.1 Å². The SMILES string of the molecule is O=C(NCCC1CCCCO1)n1ccnc1. The van der Waals surface area contributed by atoms with Gasteiger partial charge >= 0.3 is 6.03 Å². The van der Waals surface area contributed by atoms with Crippen LogP contribution in [0, 0.1) is 0 Å². The van der Waals surface area contributed by atoms with Crippen LogP contribution in [0.1, 0.15) is 25.7 Å². The molecule has 1 amide bonds. The number of carbonyl (C=O) groups is 1. The zero-order valence-electron chi connectivity index (χ0n) is 9.26. The summed E-state index contributed by atoms with van der Waals surface area (Å²) in [5.74, 6) is 0. The summed E-state index contributed by atoms with van der Waals surface area (Å²) in [5.41, 5.74) is 0. The highest BCUT2D eigenvalue weighted by atomic mass is 16.5. The molecule has 1 fully saturated rings. The maximum absolute atomic E-state index is 11.5. The van der Waals surface area contributed by atoms with Gasteiger partial charge in [-0.2, -0.15) is 0 Å². The Bertz CT molecular complexity index is 318. The van der Waals surface area contributed by atoms with Crippen molar-refractivity contribution >= 4 is 6.03 Å². The molecule has 0 aromatic carbocycles. The molecule has 5 heteroatoms. The quantitative estimate of drug-likeness (QED) is 0.842. The second-order valence-electron chi connectivity index (χ2n) is 3.98. The summed E-state index contributed by atoms with van der Waals surface area (Å²) in [6, 6.07) is -0.131. The van der Waals surface area contributed by atoms with Gasteiger partial charge in [-0.25, -0.2) is 9.78 Å². The van der Waals surface area contributed by atoms with Crippen LogP contribution < -0.4 is 5.32 Å². The van der Waals surface area contributed by atoms with Gasteiger partial charge in [0.2, 0.25) is 0 Å². The van der Waals surface area contributed by atoms with Crippen molar-refractivity contribution in [3.63, 3.8) is 0 Å². The van der Waals surface area contributed by atoms with E-state index in [0.717, 1.165) is 25.9 Å². The molecule has 1 unspecified atom stereocenters. The fourth-order valence-electron chi connectivity index (χ4n) is 1.85. The molecule has 0 bridgehead atoms. The van der Waals surface area contributed by atoms with Gasteiger partial charge in [0.1, 0.15) is 6.33 Å². The van der Waals surface area contributed by atoms with E-state index in [2.05, 4.69) is 10.3 Å². The largest absolute Gasteiger partial charge is 0.378 e. The van der Waals surface area contributed by atoms with E-state index < -0.39 is 0 Å². The lowest BCUT2D eigenvalue weighted by atomic mass is 10.1. The Kier molecular flexibility index (Phi) is 3.93. The average Bonchev–Trinajstić information content (AvgIpc) is 2.84. The lowest BCUT2D eigenvalue weighted by Gasteiger charge is -2.22. The summed E-state index contributed by atoms with van der Waals surface area (Å²) in [4.78, 5) is 15.3. The van der Waals surface area contributed by atoms with Crippen LogP contribution >= 0.6 is 0 Å². The Morgan fingerprint density at radius 2 is 2.50 bits per heavy atom. The smallest absolute Gasteiger partial charge is 0.326 e. The number of hydrogen-bond donors (Lipinski definition) is 1. The van der Waals surface area contributed by atoms with Crippen LogP contribution in [0.3, 0.4) is 0 Å². The van der Waals surface area contributed by atoms with Gasteiger partial charge in [-0.3, -0.25) is 4.57 Å². The number of amides is 1. The number of hydrogen-bond acceptors (Lipinski definition) is 3.